The van der Waals surface area contributed by atoms with Gasteiger partial charge >= 0.3 is 0 Å². The Morgan fingerprint density at radius 3 is 2.54 bits per heavy atom. The maximum absolute atomic E-state index is 12.6. The summed E-state index contributed by atoms with van der Waals surface area (Å²) in [4.78, 5) is 20.7. The van der Waals surface area contributed by atoms with Crippen molar-refractivity contribution in [3.8, 4) is 11.3 Å². The Morgan fingerprint density at radius 1 is 1.08 bits per heavy atom. The lowest BCUT2D eigenvalue weighted by atomic mass is 10.1. The summed E-state index contributed by atoms with van der Waals surface area (Å²) in [5.41, 5.74) is 3.98. The van der Waals surface area contributed by atoms with Crippen molar-refractivity contribution in [3.05, 3.63) is 65.3 Å². The van der Waals surface area contributed by atoms with Gasteiger partial charge in [0, 0.05) is 32.9 Å². The number of para-hydroxylation sites is 1. The molecule has 0 fully saturated rings. The highest BCUT2D eigenvalue weighted by molar-refractivity contribution is 6.30. The van der Waals surface area contributed by atoms with Gasteiger partial charge in [-0.3, -0.25) is 4.79 Å². The summed E-state index contributed by atoms with van der Waals surface area (Å²) < 4.78 is 0. The SMILES string of the molecule is CC(C)NC(=O)c1cc2c([nH]c3ccccc32)c(-c2ccc(Cl)cc2)n1. The monoisotopic (exact) mass is 363 g/mol. The lowest BCUT2D eigenvalue weighted by Gasteiger charge is -2.10. The van der Waals surface area contributed by atoms with Gasteiger partial charge in [-0.05, 0) is 38.1 Å². The van der Waals surface area contributed by atoms with Gasteiger partial charge in [0.25, 0.3) is 5.91 Å². The number of aromatic nitrogens is 2. The van der Waals surface area contributed by atoms with Crippen LogP contribution in [0, 0.1) is 0 Å². The first-order valence-electron chi connectivity index (χ1n) is 8.51. The molecule has 0 aliphatic heterocycles. The standard InChI is InChI=1S/C21H18ClN3O/c1-12(2)23-21(26)18-11-16-15-5-3-4-6-17(15)24-20(16)19(25-18)13-7-9-14(22)10-8-13/h3-12,24H,1-2H3,(H,23,26). The minimum atomic E-state index is -0.178. The molecule has 0 aliphatic carbocycles. The molecule has 2 heterocycles. The number of halogens is 1. The van der Waals surface area contributed by atoms with Crippen LogP contribution in [0.15, 0.2) is 54.6 Å². The molecule has 0 atom stereocenters. The zero-order valence-electron chi connectivity index (χ0n) is 14.5. The maximum atomic E-state index is 12.6. The third-order valence-electron chi connectivity index (χ3n) is 4.27. The van der Waals surface area contributed by atoms with E-state index in [0.29, 0.717) is 10.7 Å². The van der Waals surface area contributed by atoms with Gasteiger partial charge in [-0.15, -0.1) is 0 Å². The zero-order chi connectivity index (χ0) is 18.3. The number of rotatable bonds is 3. The molecule has 0 unspecified atom stereocenters. The minimum Gasteiger partial charge on any atom is -0.353 e. The molecule has 130 valence electrons. The molecular formula is C21H18ClN3O. The second-order valence-corrected chi connectivity index (χ2v) is 7.02. The average Bonchev–Trinajstić information content (AvgIpc) is 3.00. The van der Waals surface area contributed by atoms with Crippen LogP contribution in [0.3, 0.4) is 0 Å². The van der Waals surface area contributed by atoms with Crippen molar-refractivity contribution in [3.63, 3.8) is 0 Å². The van der Waals surface area contributed by atoms with Gasteiger partial charge < -0.3 is 10.3 Å². The molecule has 0 saturated carbocycles. The molecule has 2 aromatic heterocycles. The molecule has 4 nitrogen and oxygen atoms in total. The van der Waals surface area contributed by atoms with Crippen molar-refractivity contribution in [2.45, 2.75) is 19.9 Å². The third kappa shape index (κ3) is 2.93. The predicted octanol–water partition coefficient (Wildman–Crippen LogP) is 5.17. The van der Waals surface area contributed by atoms with Gasteiger partial charge in [-0.2, -0.15) is 0 Å². The molecule has 1 amide bonds. The molecular weight excluding hydrogens is 346 g/mol. The molecule has 2 N–H and O–H groups in total. The van der Waals surface area contributed by atoms with E-state index in [1.54, 1.807) is 0 Å². The Balaban J connectivity index is 2.01. The summed E-state index contributed by atoms with van der Waals surface area (Å²) in [5, 5.41) is 5.63. The largest absolute Gasteiger partial charge is 0.353 e. The Kier molecular flexibility index (Phi) is 4.13. The van der Waals surface area contributed by atoms with Crippen LogP contribution in [0.5, 0.6) is 0 Å². The fraction of sp³-hybridized carbons (Fsp3) is 0.143. The average molecular weight is 364 g/mol. The number of amides is 1. The lowest BCUT2D eigenvalue weighted by Crippen LogP contribution is -2.30. The van der Waals surface area contributed by atoms with Crippen molar-refractivity contribution >= 4 is 39.3 Å². The van der Waals surface area contributed by atoms with Crippen LogP contribution in [0.4, 0.5) is 0 Å². The number of hydrogen-bond donors (Lipinski definition) is 2. The number of carbonyl (C=O) groups excluding carboxylic acids is 1. The van der Waals surface area contributed by atoms with E-state index in [9.17, 15) is 4.79 Å². The van der Waals surface area contributed by atoms with Crippen molar-refractivity contribution in [2.75, 3.05) is 0 Å². The first-order valence-corrected chi connectivity index (χ1v) is 8.89. The van der Waals surface area contributed by atoms with Gasteiger partial charge in [-0.1, -0.05) is 41.9 Å². The predicted molar refractivity (Wildman–Crippen MR) is 107 cm³/mol. The van der Waals surface area contributed by atoms with E-state index in [-0.39, 0.29) is 11.9 Å². The molecule has 0 bridgehead atoms. The molecule has 4 rings (SSSR count). The first-order chi connectivity index (χ1) is 12.5. The Hall–Kier alpha value is -2.85. The van der Waals surface area contributed by atoms with Gasteiger partial charge in [0.05, 0.1) is 11.2 Å². The highest BCUT2D eigenvalue weighted by atomic mass is 35.5. The van der Waals surface area contributed by atoms with E-state index in [0.717, 1.165) is 33.1 Å². The van der Waals surface area contributed by atoms with Crippen LogP contribution in [0.1, 0.15) is 24.3 Å². The van der Waals surface area contributed by atoms with Gasteiger partial charge in [0.15, 0.2) is 0 Å². The van der Waals surface area contributed by atoms with Gasteiger partial charge in [0.1, 0.15) is 5.69 Å². The molecule has 0 spiro atoms. The summed E-state index contributed by atoms with van der Waals surface area (Å²) in [7, 11) is 0. The van der Waals surface area contributed by atoms with Crippen LogP contribution >= 0.6 is 11.6 Å². The number of pyridine rings is 1. The topological polar surface area (TPSA) is 57.8 Å². The lowest BCUT2D eigenvalue weighted by molar-refractivity contribution is 0.0938. The van der Waals surface area contributed by atoms with Crippen LogP contribution in [-0.4, -0.2) is 21.9 Å². The number of H-pyrrole nitrogens is 1. The van der Waals surface area contributed by atoms with E-state index >= 15 is 0 Å². The van der Waals surface area contributed by atoms with Crippen molar-refractivity contribution in [1.29, 1.82) is 0 Å². The number of nitrogens with zero attached hydrogens (tertiary/aromatic N) is 1. The first kappa shape index (κ1) is 16.6. The van der Waals surface area contributed by atoms with Gasteiger partial charge in [0.2, 0.25) is 0 Å². The molecule has 2 aromatic carbocycles. The van der Waals surface area contributed by atoms with E-state index in [2.05, 4.69) is 15.3 Å². The summed E-state index contributed by atoms with van der Waals surface area (Å²) in [6, 6.07) is 17.4. The molecule has 4 aromatic rings. The highest BCUT2D eigenvalue weighted by Gasteiger charge is 2.17. The fourth-order valence-corrected chi connectivity index (χ4v) is 3.24. The molecule has 26 heavy (non-hydrogen) atoms. The number of aromatic amines is 1. The summed E-state index contributed by atoms with van der Waals surface area (Å²) >= 11 is 6.03. The third-order valence-corrected chi connectivity index (χ3v) is 4.52. The van der Waals surface area contributed by atoms with Crippen molar-refractivity contribution in [1.82, 2.24) is 15.3 Å². The smallest absolute Gasteiger partial charge is 0.270 e. The van der Waals surface area contributed by atoms with E-state index in [4.69, 9.17) is 11.6 Å². The Bertz CT molecular complexity index is 1110. The molecule has 0 radical (unpaired) electrons. The van der Waals surface area contributed by atoms with Crippen LogP contribution in [-0.2, 0) is 0 Å². The normalized spacial score (nSPS) is 11.4. The van der Waals surface area contributed by atoms with E-state index < -0.39 is 0 Å². The van der Waals surface area contributed by atoms with Crippen molar-refractivity contribution < 1.29 is 4.79 Å². The van der Waals surface area contributed by atoms with Crippen molar-refractivity contribution in [2.24, 2.45) is 0 Å². The number of nitrogens with one attached hydrogen (secondary N) is 2. The molecule has 0 saturated heterocycles. The number of fused-ring (bicyclic) bond motifs is 3. The highest BCUT2D eigenvalue weighted by Crippen LogP contribution is 2.33. The fourth-order valence-electron chi connectivity index (χ4n) is 3.11. The summed E-state index contributed by atoms with van der Waals surface area (Å²) in [5.74, 6) is -0.178. The summed E-state index contributed by atoms with van der Waals surface area (Å²) in [6.45, 7) is 3.87. The Labute approximate surface area is 156 Å². The van der Waals surface area contributed by atoms with Crippen LogP contribution < -0.4 is 5.32 Å². The minimum absolute atomic E-state index is 0.0435. The van der Waals surface area contributed by atoms with Gasteiger partial charge in [-0.25, -0.2) is 4.98 Å². The number of hydrogen-bond acceptors (Lipinski definition) is 2. The van der Waals surface area contributed by atoms with Crippen LogP contribution in [0.2, 0.25) is 5.02 Å². The van der Waals surface area contributed by atoms with E-state index in [1.807, 2.05) is 68.4 Å². The van der Waals surface area contributed by atoms with Crippen LogP contribution in [0.25, 0.3) is 33.1 Å². The van der Waals surface area contributed by atoms with E-state index in [1.165, 1.54) is 0 Å². The Morgan fingerprint density at radius 2 is 1.81 bits per heavy atom. The number of carbonyl (C=O) groups is 1. The molecule has 5 heteroatoms. The second-order valence-electron chi connectivity index (χ2n) is 6.58. The second kappa shape index (κ2) is 6.46. The quantitative estimate of drug-likeness (QED) is 0.527. The zero-order valence-corrected chi connectivity index (χ0v) is 15.3. The maximum Gasteiger partial charge on any atom is 0.270 e. The summed E-state index contributed by atoms with van der Waals surface area (Å²) in [6.07, 6.45) is 0. The number of benzene rings is 2. The molecule has 0 aliphatic rings.